The van der Waals surface area contributed by atoms with E-state index >= 15 is 0 Å². The van der Waals surface area contributed by atoms with E-state index < -0.39 is 11.1 Å². The maximum Gasteiger partial charge on any atom is 0.236 e. The van der Waals surface area contributed by atoms with Gasteiger partial charge in [-0.1, -0.05) is 65.9 Å². The third-order valence-electron chi connectivity index (χ3n) is 7.28. The number of carbonyl (C=O) groups excluding carboxylic acids is 1. The lowest BCUT2D eigenvalue weighted by Crippen LogP contribution is -2.58. The number of aliphatic hydroxyl groups is 1. The Morgan fingerprint density at radius 1 is 1.03 bits per heavy atom. The van der Waals surface area contributed by atoms with Gasteiger partial charge in [-0.15, -0.1) is 0 Å². The third-order valence-corrected chi connectivity index (χ3v) is 8.44. The van der Waals surface area contributed by atoms with E-state index in [0.29, 0.717) is 19.4 Å². The summed E-state index contributed by atoms with van der Waals surface area (Å²) in [6.07, 6.45) is 1.14. The number of benzene rings is 2. The second-order valence-corrected chi connectivity index (χ2v) is 11.7. The quantitative estimate of drug-likeness (QED) is 0.534. The van der Waals surface area contributed by atoms with Crippen LogP contribution in [0.15, 0.2) is 54.6 Å². The number of anilines is 1. The molecule has 7 nitrogen and oxygen atoms in total. The molecule has 3 aromatic rings. The highest BCUT2D eigenvalue weighted by Gasteiger charge is 2.49. The normalized spacial score (nSPS) is 24.4. The van der Waals surface area contributed by atoms with Gasteiger partial charge in [0, 0.05) is 51.4 Å². The first kappa shape index (κ1) is 24.9. The van der Waals surface area contributed by atoms with Crippen LogP contribution in [-0.4, -0.2) is 78.2 Å². The van der Waals surface area contributed by atoms with Gasteiger partial charge in [-0.05, 0) is 30.9 Å². The van der Waals surface area contributed by atoms with Crippen LogP contribution in [0.2, 0.25) is 0 Å². The molecule has 0 radical (unpaired) electrons. The van der Waals surface area contributed by atoms with Gasteiger partial charge in [0.15, 0.2) is 5.13 Å². The molecule has 36 heavy (non-hydrogen) atoms. The Morgan fingerprint density at radius 3 is 2.25 bits per heavy atom. The van der Waals surface area contributed by atoms with Crippen molar-refractivity contribution in [1.82, 2.24) is 14.8 Å². The van der Waals surface area contributed by atoms with E-state index in [1.807, 2.05) is 13.0 Å². The Balaban J connectivity index is 1.38. The van der Waals surface area contributed by atoms with Gasteiger partial charge in [-0.2, -0.15) is 0 Å². The minimum Gasteiger partial charge on any atom is -0.390 e. The zero-order valence-corrected chi connectivity index (χ0v) is 22.1. The first-order valence-corrected chi connectivity index (χ1v) is 13.3. The second kappa shape index (κ2) is 9.59. The van der Waals surface area contributed by atoms with Crippen LogP contribution < -0.4 is 10.6 Å². The number of likely N-dealkylation sites (N-methyl/N-ethyl adjacent to an activating group) is 1. The minimum atomic E-state index is -0.679. The van der Waals surface area contributed by atoms with E-state index in [1.54, 1.807) is 30.3 Å². The van der Waals surface area contributed by atoms with Crippen LogP contribution in [0, 0.1) is 0 Å². The van der Waals surface area contributed by atoms with Crippen LogP contribution in [-0.2, 0) is 10.3 Å². The highest BCUT2D eigenvalue weighted by Crippen LogP contribution is 2.47. The Kier molecular flexibility index (Phi) is 6.63. The lowest BCUT2D eigenvalue weighted by atomic mass is 9.63. The summed E-state index contributed by atoms with van der Waals surface area (Å²) in [6.45, 7) is 5.67. The topological polar surface area (TPSA) is 85.9 Å². The van der Waals surface area contributed by atoms with E-state index in [2.05, 4.69) is 58.3 Å². The molecule has 2 aromatic carbocycles. The highest BCUT2D eigenvalue weighted by molar-refractivity contribution is 7.19. The van der Waals surface area contributed by atoms with Crippen molar-refractivity contribution in [3.8, 4) is 21.7 Å². The van der Waals surface area contributed by atoms with Crippen molar-refractivity contribution in [2.24, 2.45) is 5.73 Å². The van der Waals surface area contributed by atoms with Crippen molar-refractivity contribution in [1.29, 1.82) is 0 Å². The standard InChI is InChI=1S/C28H35N5O2S/c1-27(35)18-28(29,19-27)22-11-9-20(10-12-22)24-25(21-7-5-4-6-8-21)36-26(30-24)33-15-13-32(14-16-33)17-23(34)31(2)3/h4-12,35H,13-19,29H2,1-3H3. The van der Waals surface area contributed by atoms with Crippen LogP contribution in [0.25, 0.3) is 21.7 Å². The first-order valence-electron chi connectivity index (χ1n) is 12.5. The number of hydrogen-bond donors (Lipinski definition) is 2. The third kappa shape index (κ3) is 5.04. The largest absolute Gasteiger partial charge is 0.390 e. The smallest absolute Gasteiger partial charge is 0.236 e. The summed E-state index contributed by atoms with van der Waals surface area (Å²) in [5.41, 5.74) is 9.66. The number of thiazole rings is 1. The first-order chi connectivity index (χ1) is 17.1. The number of carbonyl (C=O) groups is 1. The van der Waals surface area contributed by atoms with Gasteiger partial charge in [0.1, 0.15) is 0 Å². The van der Waals surface area contributed by atoms with Gasteiger partial charge in [-0.25, -0.2) is 4.98 Å². The molecule has 0 bridgehead atoms. The highest BCUT2D eigenvalue weighted by atomic mass is 32.1. The van der Waals surface area contributed by atoms with E-state index in [-0.39, 0.29) is 5.91 Å². The minimum absolute atomic E-state index is 0.138. The molecule has 1 amide bonds. The van der Waals surface area contributed by atoms with E-state index in [4.69, 9.17) is 10.7 Å². The number of nitrogens with zero attached hydrogens (tertiary/aromatic N) is 4. The van der Waals surface area contributed by atoms with Crippen molar-refractivity contribution in [3.63, 3.8) is 0 Å². The van der Waals surface area contributed by atoms with Gasteiger partial charge < -0.3 is 20.6 Å². The summed E-state index contributed by atoms with van der Waals surface area (Å²) in [6, 6.07) is 18.8. The number of rotatable bonds is 6. The van der Waals surface area contributed by atoms with Gasteiger partial charge in [0.2, 0.25) is 5.91 Å². The predicted molar refractivity (Wildman–Crippen MR) is 146 cm³/mol. The van der Waals surface area contributed by atoms with Crippen molar-refractivity contribution in [2.75, 3.05) is 51.7 Å². The molecule has 3 N–H and O–H groups in total. The Bertz CT molecular complexity index is 1210. The maximum atomic E-state index is 12.1. The molecule has 8 heteroatoms. The molecule has 1 aliphatic heterocycles. The molecule has 1 saturated carbocycles. The molecule has 0 spiro atoms. The molecule has 2 fully saturated rings. The predicted octanol–water partition coefficient (Wildman–Crippen LogP) is 3.39. The van der Waals surface area contributed by atoms with Crippen LogP contribution in [0.3, 0.4) is 0 Å². The van der Waals surface area contributed by atoms with E-state index in [1.165, 1.54) is 0 Å². The molecule has 190 valence electrons. The second-order valence-electron chi connectivity index (χ2n) is 10.7. The fourth-order valence-corrected chi connectivity index (χ4v) is 6.47. The number of amides is 1. The van der Waals surface area contributed by atoms with Crippen LogP contribution in [0.1, 0.15) is 25.3 Å². The summed E-state index contributed by atoms with van der Waals surface area (Å²) < 4.78 is 0. The fraction of sp³-hybridized carbons (Fsp3) is 0.429. The van der Waals surface area contributed by atoms with Crippen molar-refractivity contribution >= 4 is 22.4 Å². The molecule has 1 saturated heterocycles. The van der Waals surface area contributed by atoms with Gasteiger partial charge >= 0.3 is 0 Å². The average molecular weight is 506 g/mol. The molecule has 5 rings (SSSR count). The summed E-state index contributed by atoms with van der Waals surface area (Å²) in [4.78, 5) is 24.6. The molecular weight excluding hydrogens is 470 g/mol. The van der Waals surface area contributed by atoms with Gasteiger partial charge in [0.25, 0.3) is 0 Å². The molecule has 1 aliphatic carbocycles. The summed E-state index contributed by atoms with van der Waals surface area (Å²) >= 11 is 1.72. The number of nitrogens with two attached hydrogens (primary N) is 1. The van der Waals surface area contributed by atoms with Crippen LogP contribution in [0.5, 0.6) is 0 Å². The summed E-state index contributed by atoms with van der Waals surface area (Å²) in [5.74, 6) is 0.138. The summed E-state index contributed by atoms with van der Waals surface area (Å²) in [5, 5.41) is 11.2. The molecule has 2 aliphatic rings. The monoisotopic (exact) mass is 505 g/mol. The zero-order valence-electron chi connectivity index (χ0n) is 21.3. The molecule has 0 unspecified atom stereocenters. The number of aromatic nitrogens is 1. The molecule has 2 heterocycles. The van der Waals surface area contributed by atoms with Gasteiger partial charge in [0.05, 0.1) is 22.7 Å². The average Bonchev–Trinajstić information content (AvgIpc) is 3.29. The Morgan fingerprint density at radius 2 is 1.67 bits per heavy atom. The van der Waals surface area contributed by atoms with E-state index in [9.17, 15) is 9.90 Å². The molecular formula is C28H35N5O2S. The van der Waals surface area contributed by atoms with Crippen molar-refractivity contribution < 1.29 is 9.90 Å². The number of piperazine rings is 1. The molecule has 1 aromatic heterocycles. The van der Waals surface area contributed by atoms with Crippen LogP contribution in [0.4, 0.5) is 5.13 Å². The van der Waals surface area contributed by atoms with Crippen molar-refractivity contribution in [3.05, 3.63) is 60.2 Å². The van der Waals surface area contributed by atoms with E-state index in [0.717, 1.165) is 58.6 Å². The fourth-order valence-electron chi connectivity index (χ4n) is 5.33. The molecule has 0 atom stereocenters. The zero-order chi connectivity index (χ0) is 25.5. The summed E-state index contributed by atoms with van der Waals surface area (Å²) in [7, 11) is 3.60. The maximum absolute atomic E-state index is 12.1. The SMILES string of the molecule is CN(C)C(=O)CN1CCN(c2nc(-c3ccc(C4(N)CC(C)(O)C4)cc3)c(-c3ccccc3)s2)CC1. The van der Waals surface area contributed by atoms with Crippen LogP contribution >= 0.6 is 11.3 Å². The lowest BCUT2D eigenvalue weighted by Gasteiger charge is -2.49. The Labute approximate surface area is 217 Å². The lowest BCUT2D eigenvalue weighted by molar-refractivity contribution is -0.129. The number of hydrogen-bond acceptors (Lipinski definition) is 7. The van der Waals surface area contributed by atoms with Gasteiger partial charge in [-0.3, -0.25) is 9.69 Å². The van der Waals surface area contributed by atoms with Crippen molar-refractivity contribution in [2.45, 2.75) is 30.9 Å². The Hall–Kier alpha value is -2.78.